The summed E-state index contributed by atoms with van der Waals surface area (Å²) in [4.78, 5) is 25.5. The molecule has 1 aliphatic carbocycles. The van der Waals surface area contributed by atoms with Gasteiger partial charge in [0.05, 0.1) is 49.3 Å². The van der Waals surface area contributed by atoms with Crippen LogP contribution in [-0.2, 0) is 52.2 Å². The number of fused-ring (bicyclic) bond motifs is 3. The highest BCUT2D eigenvalue weighted by Gasteiger charge is 2.60. The Hall–Kier alpha value is -4.54. The number of methoxy groups -OCH3 is 2. The fourth-order valence-corrected chi connectivity index (χ4v) is 12.1. The second kappa shape index (κ2) is 26.4. The van der Waals surface area contributed by atoms with Crippen LogP contribution in [0.2, 0.25) is 0 Å². The summed E-state index contributed by atoms with van der Waals surface area (Å²) >= 11 is 0. The molecule has 1 aromatic heterocycles. The van der Waals surface area contributed by atoms with Crippen LogP contribution in [-0.4, -0.2) is 151 Å². The van der Waals surface area contributed by atoms with Gasteiger partial charge in [0.25, 0.3) is 0 Å². The maximum absolute atomic E-state index is 14.3. The predicted molar refractivity (Wildman–Crippen MR) is 296 cm³/mol. The minimum Gasteiger partial charge on any atom is -0.504 e. The maximum atomic E-state index is 14.3. The van der Waals surface area contributed by atoms with E-state index in [9.17, 15) is 30.0 Å². The molecule has 18 nitrogen and oxygen atoms in total. The minimum atomic E-state index is -1.84. The van der Waals surface area contributed by atoms with Gasteiger partial charge in [0.2, 0.25) is 0 Å². The van der Waals surface area contributed by atoms with Crippen molar-refractivity contribution in [2.24, 2.45) is 23.7 Å². The number of benzene rings is 1. The van der Waals surface area contributed by atoms with Crippen LogP contribution in [0.25, 0.3) is 11.0 Å². The third-order valence-electron chi connectivity index (χ3n) is 16.9. The summed E-state index contributed by atoms with van der Waals surface area (Å²) in [6, 6.07) is 5.94. The number of rotatable bonds is 11. The zero-order valence-electron chi connectivity index (χ0n) is 48.5. The number of hydrogen-bond donors (Lipinski definition) is 4. The average molecular weight is 1120 g/mol. The van der Waals surface area contributed by atoms with Gasteiger partial charge in [-0.1, -0.05) is 76.1 Å². The van der Waals surface area contributed by atoms with Crippen molar-refractivity contribution in [1.82, 2.24) is 0 Å². The van der Waals surface area contributed by atoms with Crippen molar-refractivity contribution in [1.29, 1.82) is 0 Å². The number of aliphatic hydroxyl groups excluding tert-OH is 2. The van der Waals surface area contributed by atoms with E-state index in [1.54, 1.807) is 46.3 Å². The van der Waals surface area contributed by atoms with Crippen molar-refractivity contribution < 1.29 is 81.7 Å². The Labute approximate surface area is 470 Å². The van der Waals surface area contributed by atoms with Gasteiger partial charge < -0.3 is 76.9 Å². The van der Waals surface area contributed by atoms with Crippen LogP contribution in [0.5, 0.6) is 11.5 Å². The first-order valence-corrected chi connectivity index (χ1v) is 28.5. The summed E-state index contributed by atoms with van der Waals surface area (Å²) in [5, 5.41) is 44.7. The molecule has 0 saturated carbocycles. The summed E-state index contributed by atoms with van der Waals surface area (Å²) in [6.45, 7) is 20.4. The zero-order valence-corrected chi connectivity index (χ0v) is 48.5. The fraction of sp³-hybridized carbons (Fsp3) is 0.645. The summed E-state index contributed by atoms with van der Waals surface area (Å²) in [5.41, 5.74) is 1.23. The highest BCUT2D eigenvalue weighted by atomic mass is 16.7. The van der Waals surface area contributed by atoms with Crippen molar-refractivity contribution in [2.75, 3.05) is 27.4 Å². The van der Waals surface area contributed by atoms with E-state index in [1.165, 1.54) is 18.2 Å². The van der Waals surface area contributed by atoms with E-state index in [-0.39, 0.29) is 48.4 Å². The van der Waals surface area contributed by atoms with Gasteiger partial charge >= 0.3 is 11.6 Å². The molecule has 80 heavy (non-hydrogen) atoms. The van der Waals surface area contributed by atoms with Crippen LogP contribution in [0.15, 0.2) is 104 Å². The normalized spacial score (nSPS) is 38.7. The predicted octanol–water partition coefficient (Wildman–Crippen LogP) is 8.22. The number of aliphatic hydroxyl groups is 3. The lowest BCUT2D eigenvalue weighted by atomic mass is 9.71. The van der Waals surface area contributed by atoms with Crippen molar-refractivity contribution in [3.05, 3.63) is 106 Å². The minimum absolute atomic E-state index is 0.0264. The van der Waals surface area contributed by atoms with Crippen molar-refractivity contribution in [3.63, 3.8) is 0 Å². The molecule has 9 rings (SSSR count). The Balaban J connectivity index is 0.000000395. The Bertz CT molecular complexity index is 2700. The van der Waals surface area contributed by atoms with Crippen LogP contribution < -0.4 is 10.4 Å². The van der Waals surface area contributed by atoms with Gasteiger partial charge in [-0.3, -0.25) is 4.79 Å². The lowest BCUT2D eigenvalue weighted by Gasteiger charge is -2.48. The summed E-state index contributed by atoms with van der Waals surface area (Å²) in [7, 11) is 3.22. The molecule has 4 saturated heterocycles. The molecule has 20 unspecified atom stereocenters. The third-order valence-corrected chi connectivity index (χ3v) is 16.9. The molecule has 20 atom stereocenters. The molecule has 6 aliphatic heterocycles. The van der Waals surface area contributed by atoms with Crippen LogP contribution in [0.4, 0.5) is 0 Å². The van der Waals surface area contributed by atoms with E-state index < -0.39 is 96.4 Å². The van der Waals surface area contributed by atoms with Gasteiger partial charge in [-0.25, -0.2) is 4.79 Å². The Morgan fingerprint density at radius 1 is 0.887 bits per heavy atom. The van der Waals surface area contributed by atoms with Crippen LogP contribution in [0, 0.1) is 23.7 Å². The quantitative estimate of drug-likeness (QED) is 0.0943. The molecule has 2 bridgehead atoms. The molecule has 7 aliphatic rings. The zero-order chi connectivity index (χ0) is 57.8. The number of phenolic OH excluding ortho intramolecular Hbond substituents is 1. The SMILES string of the molecule is CC(C)=CCOc1cc2oc(=O)ccc2cc1O.CCC(C)C1OC2(C=CC1C)CC1CC(CC=C(C)C(OC3CC(OC)C(OC4CC(OC)C(O)C(C)O4)C(C)O3)C(C)C=CC=C3COC4C(O)C(C)=CC(C(=O)O1)C34O)O2. The average Bonchev–Trinajstić information content (AvgIpc) is 4.02. The summed E-state index contributed by atoms with van der Waals surface area (Å²) in [5.74, 6) is -2.24. The van der Waals surface area contributed by atoms with E-state index in [2.05, 4.69) is 39.8 Å². The summed E-state index contributed by atoms with van der Waals surface area (Å²) < 4.78 is 74.1. The number of ether oxygens (including phenoxy) is 11. The van der Waals surface area contributed by atoms with Crippen molar-refractivity contribution in [2.45, 2.75) is 205 Å². The van der Waals surface area contributed by atoms with Gasteiger partial charge in [-0.2, -0.15) is 0 Å². The molecule has 18 heteroatoms. The first-order chi connectivity index (χ1) is 38.1. The molecule has 442 valence electrons. The van der Waals surface area contributed by atoms with Gasteiger partial charge in [0.15, 0.2) is 29.9 Å². The van der Waals surface area contributed by atoms with E-state index >= 15 is 0 Å². The Kier molecular flexibility index (Phi) is 20.3. The number of carbonyl (C=O) groups is 1. The molecule has 2 aromatic rings. The second-order valence-electron chi connectivity index (χ2n) is 23.2. The molecule has 4 fully saturated rings. The summed E-state index contributed by atoms with van der Waals surface area (Å²) in [6.07, 6.45) is 10.4. The van der Waals surface area contributed by atoms with Gasteiger partial charge in [-0.05, 0) is 94.9 Å². The lowest BCUT2D eigenvalue weighted by molar-refractivity contribution is -0.318. The van der Waals surface area contributed by atoms with E-state index in [4.69, 9.17) is 56.5 Å². The van der Waals surface area contributed by atoms with Gasteiger partial charge in [0.1, 0.15) is 54.2 Å². The van der Waals surface area contributed by atoms with E-state index in [0.717, 1.165) is 17.6 Å². The molecule has 1 spiro atoms. The standard InChI is InChI=1S/C48H72O14.C14H14O4/c1-11-25(2)43-28(5)17-18-47(62-43)23-34-20-33(61-47)16-15-27(4)42(26(3)13-12-14-32-24-55-45-40(49)29(6)19-35(46(51)58-34)48(32,45)52)59-39-22-37(54-10)44(31(8)57-39)60-38-21-36(53-9)41(50)30(7)56-38;1-9(2)5-6-17-13-8-12-10(7-11(13)15)3-4-14(16)18-12/h12-15,17-19,25-26,28,30-31,33-45,49-50,52H,11,16,20-24H2,1-10H3;3-5,7-8,15H,6H2,1-2H3. The molecular weight excluding hydrogens is 1030 g/mol. The van der Waals surface area contributed by atoms with Crippen molar-refractivity contribution >= 4 is 16.9 Å². The first kappa shape index (κ1) is 61.5. The number of aromatic hydroxyl groups is 1. The topological polar surface area (TPSA) is 230 Å². The monoisotopic (exact) mass is 1120 g/mol. The Morgan fingerprint density at radius 2 is 1.61 bits per heavy atom. The van der Waals surface area contributed by atoms with Crippen LogP contribution >= 0.6 is 0 Å². The Morgan fingerprint density at radius 3 is 2.34 bits per heavy atom. The number of carbonyl (C=O) groups excluding carboxylic acids is 1. The molecule has 0 radical (unpaired) electrons. The van der Waals surface area contributed by atoms with Gasteiger partial charge in [0, 0.05) is 69.3 Å². The maximum Gasteiger partial charge on any atom is 0.336 e. The largest absolute Gasteiger partial charge is 0.504 e. The molecule has 1 aromatic carbocycles. The van der Waals surface area contributed by atoms with Crippen LogP contribution in [0.1, 0.15) is 108 Å². The highest BCUT2D eigenvalue weighted by Crippen LogP contribution is 2.47. The smallest absolute Gasteiger partial charge is 0.336 e. The van der Waals surface area contributed by atoms with Gasteiger partial charge in [-0.15, -0.1) is 0 Å². The van der Waals surface area contributed by atoms with Crippen LogP contribution in [0.3, 0.4) is 0 Å². The molecular formula is C62H86O18. The van der Waals surface area contributed by atoms with E-state index in [0.29, 0.717) is 66.6 Å². The second-order valence-corrected chi connectivity index (χ2v) is 23.2. The molecule has 4 N–H and O–H groups in total. The number of hydrogen-bond acceptors (Lipinski definition) is 18. The first-order valence-electron chi connectivity index (χ1n) is 28.5. The third kappa shape index (κ3) is 13.8. The number of phenols is 1. The highest BCUT2D eigenvalue weighted by molar-refractivity contribution is 5.80. The molecule has 0 amide bonds. The van der Waals surface area contributed by atoms with E-state index in [1.807, 2.05) is 52.0 Å². The number of allylic oxidation sites excluding steroid dienone is 3. The molecule has 7 heterocycles. The van der Waals surface area contributed by atoms with Crippen molar-refractivity contribution in [3.8, 4) is 11.5 Å². The number of esters is 1. The lowest BCUT2D eigenvalue weighted by Crippen LogP contribution is -2.58. The fourth-order valence-electron chi connectivity index (χ4n) is 12.1.